The van der Waals surface area contributed by atoms with E-state index in [1.165, 1.54) is 21.2 Å². The third-order valence-electron chi connectivity index (χ3n) is 3.37. The highest BCUT2D eigenvalue weighted by molar-refractivity contribution is 7.17. The molecule has 3 aromatic rings. The predicted molar refractivity (Wildman–Crippen MR) is 81.3 cm³/mol. The fraction of sp³-hybridized carbons (Fsp3) is 0.188. The Morgan fingerprint density at radius 1 is 1.16 bits per heavy atom. The minimum atomic E-state index is 0.335. The van der Waals surface area contributed by atoms with Crippen molar-refractivity contribution in [1.29, 1.82) is 0 Å². The van der Waals surface area contributed by atoms with E-state index in [-0.39, 0.29) is 0 Å². The van der Waals surface area contributed by atoms with Crippen LogP contribution in [-0.4, -0.2) is 4.98 Å². The summed E-state index contributed by atoms with van der Waals surface area (Å²) in [7, 11) is 0. The van der Waals surface area contributed by atoms with Crippen molar-refractivity contribution >= 4 is 21.4 Å². The van der Waals surface area contributed by atoms with Crippen LogP contribution >= 0.6 is 11.3 Å². The van der Waals surface area contributed by atoms with E-state index in [4.69, 9.17) is 0 Å². The number of nitrogens with one attached hydrogen (secondary N) is 1. The van der Waals surface area contributed by atoms with E-state index in [2.05, 4.69) is 59.0 Å². The van der Waals surface area contributed by atoms with Crippen LogP contribution in [0.2, 0.25) is 0 Å². The molecule has 0 saturated heterocycles. The average molecular weight is 268 g/mol. The standard InChI is InChI=1S/C16H16N2S/c1-12(13-6-8-17-9-7-13)18-10-14-11-19-16-5-3-2-4-15(14)16/h2-9,11-12,18H,10H2,1H3/t12-/m0/s1. The van der Waals surface area contributed by atoms with Gasteiger partial charge in [-0.1, -0.05) is 18.2 Å². The van der Waals surface area contributed by atoms with Gasteiger partial charge in [0.2, 0.25) is 0 Å². The van der Waals surface area contributed by atoms with E-state index in [1.807, 2.05) is 23.7 Å². The van der Waals surface area contributed by atoms with Gasteiger partial charge in [-0.15, -0.1) is 11.3 Å². The fourth-order valence-electron chi connectivity index (χ4n) is 2.20. The lowest BCUT2D eigenvalue weighted by Gasteiger charge is -2.13. The van der Waals surface area contributed by atoms with Crippen molar-refractivity contribution in [3.8, 4) is 0 Å². The second kappa shape index (κ2) is 5.51. The number of hydrogen-bond donors (Lipinski definition) is 1. The molecule has 0 spiro atoms. The Hall–Kier alpha value is -1.71. The average Bonchev–Trinajstić information content (AvgIpc) is 2.89. The number of rotatable bonds is 4. The molecular formula is C16H16N2S. The van der Waals surface area contributed by atoms with Gasteiger partial charge in [-0.25, -0.2) is 0 Å². The number of aromatic nitrogens is 1. The maximum atomic E-state index is 4.05. The molecule has 0 unspecified atom stereocenters. The molecule has 0 fully saturated rings. The zero-order valence-corrected chi connectivity index (χ0v) is 11.7. The smallest absolute Gasteiger partial charge is 0.0346 e. The van der Waals surface area contributed by atoms with Gasteiger partial charge in [0.05, 0.1) is 0 Å². The summed E-state index contributed by atoms with van der Waals surface area (Å²) in [5.74, 6) is 0. The van der Waals surface area contributed by atoms with Crippen LogP contribution in [0.5, 0.6) is 0 Å². The van der Waals surface area contributed by atoms with E-state index in [1.54, 1.807) is 0 Å². The lowest BCUT2D eigenvalue weighted by atomic mass is 10.1. The SMILES string of the molecule is C[C@H](NCc1csc2ccccc12)c1ccncc1. The number of fused-ring (bicyclic) bond motifs is 1. The summed E-state index contributed by atoms with van der Waals surface area (Å²) in [6.07, 6.45) is 3.68. The number of thiophene rings is 1. The van der Waals surface area contributed by atoms with Gasteiger partial charge in [0.1, 0.15) is 0 Å². The van der Waals surface area contributed by atoms with Crippen molar-refractivity contribution in [2.24, 2.45) is 0 Å². The second-order valence-electron chi connectivity index (χ2n) is 4.64. The van der Waals surface area contributed by atoms with Gasteiger partial charge in [0, 0.05) is 29.7 Å². The minimum Gasteiger partial charge on any atom is -0.306 e. The number of hydrogen-bond acceptors (Lipinski definition) is 3. The van der Waals surface area contributed by atoms with Crippen LogP contribution < -0.4 is 5.32 Å². The Balaban J connectivity index is 1.73. The molecule has 3 rings (SSSR count). The van der Waals surface area contributed by atoms with E-state index in [9.17, 15) is 0 Å². The van der Waals surface area contributed by atoms with Gasteiger partial charge in [0.15, 0.2) is 0 Å². The lowest BCUT2D eigenvalue weighted by Crippen LogP contribution is -2.17. The molecule has 0 saturated carbocycles. The van der Waals surface area contributed by atoms with Gasteiger partial charge in [0.25, 0.3) is 0 Å². The Labute approximate surface area is 117 Å². The van der Waals surface area contributed by atoms with Crippen LogP contribution in [0, 0.1) is 0 Å². The molecule has 2 aromatic heterocycles. The van der Waals surface area contributed by atoms with Gasteiger partial charge in [-0.3, -0.25) is 4.98 Å². The Kier molecular flexibility index (Phi) is 3.58. The van der Waals surface area contributed by atoms with Crippen LogP contribution in [-0.2, 0) is 6.54 Å². The van der Waals surface area contributed by atoms with Gasteiger partial charge < -0.3 is 5.32 Å². The Morgan fingerprint density at radius 2 is 1.95 bits per heavy atom. The summed E-state index contributed by atoms with van der Waals surface area (Å²) in [5, 5.41) is 7.18. The van der Waals surface area contributed by atoms with E-state index in [0.29, 0.717) is 6.04 Å². The molecule has 0 bridgehead atoms. The molecule has 1 N–H and O–H groups in total. The monoisotopic (exact) mass is 268 g/mol. The van der Waals surface area contributed by atoms with Crippen molar-refractivity contribution in [3.63, 3.8) is 0 Å². The quantitative estimate of drug-likeness (QED) is 0.769. The molecule has 19 heavy (non-hydrogen) atoms. The first-order chi connectivity index (χ1) is 9.34. The molecule has 0 amide bonds. The highest BCUT2D eigenvalue weighted by Gasteiger charge is 2.07. The highest BCUT2D eigenvalue weighted by atomic mass is 32.1. The van der Waals surface area contributed by atoms with Crippen LogP contribution in [0.15, 0.2) is 54.2 Å². The largest absolute Gasteiger partial charge is 0.306 e. The normalized spacial score (nSPS) is 12.7. The summed E-state index contributed by atoms with van der Waals surface area (Å²) in [5.41, 5.74) is 2.65. The summed E-state index contributed by atoms with van der Waals surface area (Å²) in [6.45, 7) is 3.08. The summed E-state index contributed by atoms with van der Waals surface area (Å²) < 4.78 is 1.36. The topological polar surface area (TPSA) is 24.9 Å². The van der Waals surface area contributed by atoms with Crippen molar-refractivity contribution in [2.75, 3.05) is 0 Å². The van der Waals surface area contributed by atoms with Crippen molar-refractivity contribution in [1.82, 2.24) is 10.3 Å². The third kappa shape index (κ3) is 2.67. The van der Waals surface area contributed by atoms with Crippen LogP contribution in [0.3, 0.4) is 0 Å². The van der Waals surface area contributed by atoms with Gasteiger partial charge in [-0.2, -0.15) is 0 Å². The third-order valence-corrected chi connectivity index (χ3v) is 4.38. The molecule has 2 nitrogen and oxygen atoms in total. The molecule has 3 heteroatoms. The zero-order chi connectivity index (χ0) is 13.1. The van der Waals surface area contributed by atoms with E-state index < -0.39 is 0 Å². The maximum absolute atomic E-state index is 4.05. The van der Waals surface area contributed by atoms with Gasteiger partial charge in [-0.05, 0) is 47.0 Å². The first-order valence-corrected chi connectivity index (χ1v) is 7.31. The van der Waals surface area contributed by atoms with Crippen LogP contribution in [0.4, 0.5) is 0 Å². The van der Waals surface area contributed by atoms with E-state index in [0.717, 1.165) is 6.54 Å². The highest BCUT2D eigenvalue weighted by Crippen LogP contribution is 2.26. The summed E-state index contributed by atoms with van der Waals surface area (Å²) in [6, 6.07) is 13.0. The first-order valence-electron chi connectivity index (χ1n) is 6.43. The molecule has 0 aliphatic carbocycles. The molecule has 1 atom stereocenters. The molecule has 0 radical (unpaired) electrons. The summed E-state index contributed by atoms with van der Waals surface area (Å²) in [4.78, 5) is 4.05. The number of benzene rings is 1. The van der Waals surface area contributed by atoms with Crippen molar-refractivity contribution < 1.29 is 0 Å². The molecule has 0 aliphatic heterocycles. The second-order valence-corrected chi connectivity index (χ2v) is 5.55. The molecule has 96 valence electrons. The Morgan fingerprint density at radius 3 is 2.79 bits per heavy atom. The molecular weight excluding hydrogens is 252 g/mol. The van der Waals surface area contributed by atoms with E-state index >= 15 is 0 Å². The first kappa shape index (κ1) is 12.3. The molecule has 1 aromatic carbocycles. The minimum absolute atomic E-state index is 0.335. The maximum Gasteiger partial charge on any atom is 0.0346 e. The molecule has 2 heterocycles. The molecule has 0 aliphatic rings. The van der Waals surface area contributed by atoms with Crippen LogP contribution in [0.25, 0.3) is 10.1 Å². The number of nitrogens with zero attached hydrogens (tertiary/aromatic N) is 1. The lowest BCUT2D eigenvalue weighted by molar-refractivity contribution is 0.576. The van der Waals surface area contributed by atoms with Gasteiger partial charge >= 0.3 is 0 Å². The van der Waals surface area contributed by atoms with Crippen molar-refractivity contribution in [2.45, 2.75) is 19.5 Å². The van der Waals surface area contributed by atoms with Crippen LogP contribution in [0.1, 0.15) is 24.1 Å². The predicted octanol–water partition coefficient (Wildman–Crippen LogP) is 4.15. The zero-order valence-electron chi connectivity index (χ0n) is 10.8. The number of pyridine rings is 1. The van der Waals surface area contributed by atoms with Crippen molar-refractivity contribution in [3.05, 3.63) is 65.3 Å². The Bertz CT molecular complexity index is 661. The summed E-state index contributed by atoms with van der Waals surface area (Å²) >= 11 is 1.81. The fourth-order valence-corrected chi connectivity index (χ4v) is 3.17.